The molecule has 404 valence electrons. The molecule has 0 amide bonds. The first kappa shape index (κ1) is 66.5. The number of unbranched alkanes of at least 4 members (excludes halogenated alkanes) is 35. The van der Waals surface area contributed by atoms with E-state index in [4.69, 9.17) is 9.98 Å². The summed E-state index contributed by atoms with van der Waals surface area (Å²) in [5, 5.41) is 0. The van der Waals surface area contributed by atoms with Gasteiger partial charge in [0.2, 0.25) is 0 Å². The van der Waals surface area contributed by atoms with Crippen LogP contribution in [0.5, 0.6) is 0 Å². The summed E-state index contributed by atoms with van der Waals surface area (Å²) in [7, 11) is 0. The van der Waals surface area contributed by atoms with Gasteiger partial charge in [-0.25, -0.2) is 4.99 Å². The van der Waals surface area contributed by atoms with E-state index >= 15 is 0 Å². The molecule has 0 aliphatic carbocycles. The van der Waals surface area contributed by atoms with Gasteiger partial charge in [0.1, 0.15) is 5.71 Å². The quantitative estimate of drug-likeness (QED) is 0.0207. The van der Waals surface area contributed by atoms with Crippen molar-refractivity contribution in [1.82, 2.24) is 0 Å². The fraction of sp³-hybridized carbons (Fsp3) is 0.706. The van der Waals surface area contributed by atoms with Crippen molar-refractivity contribution in [1.29, 1.82) is 0 Å². The SMILES string of the molecule is CCCCCCC#CC(=N/c1ccccc1CCC/C=C/CCCCCCCCCCCCCCCC)/C(CCCC)=N/c1ccccc1CCC/C=C/CCCCCCCCCCCCCCCC.[Pd]. The largest absolute Gasteiger partial charge is 0.250 e. The first-order valence-corrected chi connectivity index (χ1v) is 30.8. The summed E-state index contributed by atoms with van der Waals surface area (Å²) in [5.41, 5.74) is 6.71. The average Bonchev–Trinajstić information content (AvgIpc) is 3.38. The number of nitrogens with zero attached hydrogens (tertiary/aromatic N) is 2. The van der Waals surface area contributed by atoms with Crippen molar-refractivity contribution in [3.8, 4) is 11.8 Å². The van der Waals surface area contributed by atoms with Crippen molar-refractivity contribution < 1.29 is 20.4 Å². The van der Waals surface area contributed by atoms with E-state index in [2.05, 4.69) is 112 Å². The fourth-order valence-corrected chi connectivity index (χ4v) is 9.66. The van der Waals surface area contributed by atoms with E-state index < -0.39 is 0 Å². The molecule has 0 N–H and O–H groups in total. The summed E-state index contributed by atoms with van der Waals surface area (Å²) in [6.45, 7) is 9.16. The number of para-hydroxylation sites is 2. The summed E-state index contributed by atoms with van der Waals surface area (Å²) >= 11 is 0. The Balaban J connectivity index is 0.0000252. The molecular weight excluding hydrogens is 951 g/mol. The summed E-state index contributed by atoms with van der Waals surface area (Å²) in [5.74, 6) is 7.16. The Bertz CT molecular complexity index is 1650. The Labute approximate surface area is 456 Å². The maximum absolute atomic E-state index is 5.46. The Morgan fingerprint density at radius 3 is 1.08 bits per heavy atom. The van der Waals surface area contributed by atoms with Gasteiger partial charge in [0, 0.05) is 26.8 Å². The van der Waals surface area contributed by atoms with Crippen molar-refractivity contribution in [2.45, 2.75) is 310 Å². The number of hydrogen-bond acceptors (Lipinski definition) is 2. The summed E-state index contributed by atoms with van der Waals surface area (Å²) < 4.78 is 0. The van der Waals surface area contributed by atoms with Crippen LogP contribution in [0.4, 0.5) is 11.4 Å². The second-order valence-corrected chi connectivity index (χ2v) is 21.0. The molecule has 0 fully saturated rings. The van der Waals surface area contributed by atoms with Gasteiger partial charge in [-0.05, 0) is 113 Å². The number of aliphatic imine (C=N–C) groups is 2. The van der Waals surface area contributed by atoms with Crippen LogP contribution in [-0.4, -0.2) is 11.4 Å². The fourth-order valence-electron chi connectivity index (χ4n) is 9.66. The molecule has 2 nitrogen and oxygen atoms in total. The van der Waals surface area contributed by atoms with Crippen molar-refractivity contribution >= 4 is 22.8 Å². The molecular formula is C68H112N2Pd. The number of hydrogen-bond donors (Lipinski definition) is 0. The Morgan fingerprint density at radius 2 is 0.690 bits per heavy atom. The first-order valence-electron chi connectivity index (χ1n) is 30.8. The van der Waals surface area contributed by atoms with Gasteiger partial charge in [-0.3, -0.25) is 4.99 Å². The third kappa shape index (κ3) is 39.6. The monoisotopic (exact) mass is 1060 g/mol. The van der Waals surface area contributed by atoms with Crippen molar-refractivity contribution in [3.05, 3.63) is 84.0 Å². The summed E-state index contributed by atoms with van der Waals surface area (Å²) in [6.07, 6.45) is 67.5. The molecule has 0 atom stereocenters. The summed E-state index contributed by atoms with van der Waals surface area (Å²) in [6, 6.07) is 17.6. The molecule has 3 heteroatoms. The Kier molecular flexibility index (Phi) is 49.0. The molecule has 0 aliphatic rings. The molecule has 0 spiro atoms. The van der Waals surface area contributed by atoms with Crippen LogP contribution in [0, 0.1) is 11.8 Å². The van der Waals surface area contributed by atoms with Gasteiger partial charge < -0.3 is 0 Å². The van der Waals surface area contributed by atoms with Crippen LogP contribution >= 0.6 is 0 Å². The zero-order valence-corrected chi connectivity index (χ0v) is 48.8. The van der Waals surface area contributed by atoms with Crippen molar-refractivity contribution in [2.24, 2.45) is 9.98 Å². The molecule has 0 heterocycles. The number of aryl methyl sites for hydroxylation is 2. The van der Waals surface area contributed by atoms with Crippen LogP contribution in [0.2, 0.25) is 0 Å². The van der Waals surface area contributed by atoms with Crippen LogP contribution < -0.4 is 0 Å². The Morgan fingerprint density at radius 1 is 0.366 bits per heavy atom. The van der Waals surface area contributed by atoms with Crippen LogP contribution in [0.15, 0.2) is 82.8 Å². The zero-order valence-electron chi connectivity index (χ0n) is 47.3. The van der Waals surface area contributed by atoms with Crippen LogP contribution in [0.1, 0.15) is 308 Å². The minimum atomic E-state index is 0. The third-order valence-electron chi connectivity index (χ3n) is 14.3. The first-order chi connectivity index (χ1) is 34.7. The van der Waals surface area contributed by atoms with Gasteiger partial charge in [-0.15, -0.1) is 0 Å². The van der Waals surface area contributed by atoms with E-state index in [1.165, 1.54) is 223 Å². The molecule has 0 radical (unpaired) electrons. The topological polar surface area (TPSA) is 24.7 Å². The van der Waals surface area contributed by atoms with Crippen molar-refractivity contribution in [2.75, 3.05) is 0 Å². The van der Waals surface area contributed by atoms with Crippen LogP contribution in [0.3, 0.4) is 0 Å². The molecule has 71 heavy (non-hydrogen) atoms. The normalized spacial score (nSPS) is 12.0. The van der Waals surface area contributed by atoms with Gasteiger partial charge in [0.25, 0.3) is 0 Å². The average molecular weight is 1060 g/mol. The van der Waals surface area contributed by atoms with Gasteiger partial charge in [0.05, 0.1) is 17.1 Å². The Hall–Kier alpha value is -2.52. The van der Waals surface area contributed by atoms with E-state index in [1.54, 1.807) is 0 Å². The van der Waals surface area contributed by atoms with Crippen molar-refractivity contribution in [3.63, 3.8) is 0 Å². The zero-order chi connectivity index (χ0) is 49.9. The van der Waals surface area contributed by atoms with Gasteiger partial charge in [0.15, 0.2) is 0 Å². The van der Waals surface area contributed by atoms with E-state index in [1.807, 2.05) is 0 Å². The predicted octanol–water partition coefficient (Wildman–Crippen LogP) is 23.2. The molecule has 2 rings (SSSR count). The molecule has 0 bridgehead atoms. The minimum Gasteiger partial charge on any atom is -0.250 e. The molecule has 2 aromatic carbocycles. The third-order valence-corrected chi connectivity index (χ3v) is 14.3. The maximum Gasteiger partial charge on any atom is 0.135 e. The van der Waals surface area contributed by atoms with E-state index in [0.29, 0.717) is 0 Å². The smallest absolute Gasteiger partial charge is 0.135 e. The summed E-state index contributed by atoms with van der Waals surface area (Å²) in [4.78, 5) is 10.9. The molecule has 0 saturated carbocycles. The van der Waals surface area contributed by atoms with Crippen LogP contribution in [0.25, 0.3) is 0 Å². The standard InChI is InChI=1S/C68H112N2.Pd/c1-5-9-13-16-19-21-23-25-27-29-31-33-35-37-39-41-43-45-48-55-63-57-51-53-60-65(63)69-67(59-12-8-4)68(62-50-47-18-15-11-7-3)70-66-61-54-52-58-64(66)56-49-46-44-42-40-38-36-34-32-30-28-26-24-22-20-17-14-10-6-2;/h41-44,51-54,57-58,60-61H,5-40,45-49,55-56,59H2,1-4H3;/b43-41+,44-42+,69-67+,70-68-;. The second kappa shape index (κ2) is 52.3. The molecule has 0 unspecified atom stereocenters. The van der Waals surface area contributed by atoms with E-state index in [9.17, 15) is 0 Å². The molecule has 0 saturated heterocycles. The molecule has 0 aromatic heterocycles. The number of allylic oxidation sites excluding steroid dienone is 4. The maximum atomic E-state index is 5.46. The number of benzene rings is 2. The second-order valence-electron chi connectivity index (χ2n) is 21.0. The predicted molar refractivity (Wildman–Crippen MR) is 317 cm³/mol. The number of rotatable bonds is 48. The van der Waals surface area contributed by atoms with E-state index in [0.717, 1.165) is 93.4 Å². The molecule has 0 aliphatic heterocycles. The van der Waals surface area contributed by atoms with Gasteiger partial charge >= 0.3 is 0 Å². The van der Waals surface area contributed by atoms with Gasteiger partial charge in [-0.2, -0.15) is 0 Å². The molecule has 2 aromatic rings. The van der Waals surface area contributed by atoms with E-state index in [-0.39, 0.29) is 20.4 Å². The minimum absolute atomic E-state index is 0. The van der Waals surface area contributed by atoms with Gasteiger partial charge in [-0.1, -0.05) is 287 Å². The van der Waals surface area contributed by atoms with Crippen LogP contribution in [-0.2, 0) is 33.3 Å².